The number of aromatic nitrogens is 2. The average Bonchev–Trinajstić information content (AvgIpc) is 2.39. The van der Waals surface area contributed by atoms with Gasteiger partial charge < -0.3 is 5.43 Å². The van der Waals surface area contributed by atoms with Crippen LogP contribution in [-0.2, 0) is 10.0 Å². The largest absolute Gasteiger partial charge is 0.324 e. The summed E-state index contributed by atoms with van der Waals surface area (Å²) in [6.45, 7) is 0. The highest BCUT2D eigenvalue weighted by molar-refractivity contribution is 7.92. The molecule has 0 saturated carbocycles. The minimum atomic E-state index is -3.64. The van der Waals surface area contributed by atoms with Gasteiger partial charge in [-0.05, 0) is 24.3 Å². The number of anilines is 2. The molecule has 0 fully saturated rings. The second kappa shape index (κ2) is 4.98. The predicted octanol–water partition coefficient (Wildman–Crippen LogP) is 0.563. The molecule has 2 aromatic rings. The Kier molecular flexibility index (Phi) is 3.40. The van der Waals surface area contributed by atoms with Gasteiger partial charge in [0.2, 0.25) is 0 Å². The number of benzene rings is 1. The van der Waals surface area contributed by atoms with Crippen LogP contribution < -0.4 is 16.0 Å². The van der Waals surface area contributed by atoms with Crippen molar-refractivity contribution in [1.82, 2.24) is 9.97 Å². The second-order valence-electron chi connectivity index (χ2n) is 3.40. The Hall–Kier alpha value is -2.19. The highest BCUT2D eigenvalue weighted by Gasteiger charge is 2.13. The molecule has 1 heterocycles. The number of nitrogens with zero attached hydrogens (tertiary/aromatic N) is 2. The first-order valence-corrected chi connectivity index (χ1v) is 6.44. The minimum absolute atomic E-state index is 0.130. The first kappa shape index (κ1) is 12.3. The van der Waals surface area contributed by atoms with Crippen molar-refractivity contribution in [3.05, 3.63) is 43.0 Å². The zero-order valence-corrected chi connectivity index (χ0v) is 10.1. The van der Waals surface area contributed by atoms with Gasteiger partial charge in [0.15, 0.2) is 0 Å². The van der Waals surface area contributed by atoms with E-state index < -0.39 is 10.0 Å². The molecule has 0 amide bonds. The van der Waals surface area contributed by atoms with Crippen LogP contribution in [0.2, 0.25) is 0 Å². The molecule has 0 unspecified atom stereocenters. The fourth-order valence-corrected chi connectivity index (χ4v) is 2.32. The monoisotopic (exact) mass is 265 g/mol. The third-order valence-corrected chi connectivity index (χ3v) is 3.54. The number of sulfonamides is 1. The van der Waals surface area contributed by atoms with Crippen LogP contribution in [0, 0.1) is 0 Å². The van der Waals surface area contributed by atoms with E-state index in [1.807, 2.05) is 0 Å². The van der Waals surface area contributed by atoms with Crippen molar-refractivity contribution in [2.24, 2.45) is 5.84 Å². The Bertz CT molecular complexity index is 612. The van der Waals surface area contributed by atoms with Gasteiger partial charge in [0.05, 0.1) is 23.0 Å². The van der Waals surface area contributed by atoms with Crippen LogP contribution in [0.4, 0.5) is 11.4 Å². The Labute approximate surface area is 104 Å². The van der Waals surface area contributed by atoms with Gasteiger partial charge in [-0.15, -0.1) is 0 Å². The zero-order chi connectivity index (χ0) is 13.0. The standard InChI is InChI=1S/C10H11N5O2S/c11-14-8-1-3-10(4-2-8)18(16,17)15-9-5-12-7-13-6-9/h1-7,14-15H,11H2. The van der Waals surface area contributed by atoms with Gasteiger partial charge in [0, 0.05) is 5.69 Å². The van der Waals surface area contributed by atoms with E-state index >= 15 is 0 Å². The van der Waals surface area contributed by atoms with Crippen molar-refractivity contribution in [1.29, 1.82) is 0 Å². The topological polar surface area (TPSA) is 110 Å². The molecular formula is C10H11N5O2S. The van der Waals surface area contributed by atoms with Crippen LogP contribution in [0.25, 0.3) is 0 Å². The molecule has 0 atom stereocenters. The minimum Gasteiger partial charge on any atom is -0.324 e. The van der Waals surface area contributed by atoms with Gasteiger partial charge in [-0.1, -0.05) is 0 Å². The van der Waals surface area contributed by atoms with Gasteiger partial charge in [0.25, 0.3) is 10.0 Å². The molecule has 0 bridgehead atoms. The number of nitrogen functional groups attached to an aromatic ring is 1. The van der Waals surface area contributed by atoms with Crippen LogP contribution in [0.1, 0.15) is 0 Å². The van der Waals surface area contributed by atoms with E-state index in [-0.39, 0.29) is 4.90 Å². The molecule has 4 N–H and O–H groups in total. The quantitative estimate of drug-likeness (QED) is 0.550. The first-order chi connectivity index (χ1) is 8.62. The molecule has 0 aliphatic carbocycles. The van der Waals surface area contributed by atoms with E-state index in [0.29, 0.717) is 11.4 Å². The summed E-state index contributed by atoms with van der Waals surface area (Å²) < 4.78 is 26.3. The fourth-order valence-electron chi connectivity index (χ4n) is 1.30. The normalized spacial score (nSPS) is 10.9. The summed E-state index contributed by atoms with van der Waals surface area (Å²) in [6.07, 6.45) is 4.07. The molecule has 1 aromatic heterocycles. The Morgan fingerprint density at radius 1 is 1.00 bits per heavy atom. The maximum absolute atomic E-state index is 12.0. The summed E-state index contributed by atoms with van der Waals surface area (Å²) in [7, 11) is -3.64. The number of nitrogens with two attached hydrogens (primary N) is 1. The van der Waals surface area contributed by atoms with Crippen LogP contribution in [0.15, 0.2) is 47.9 Å². The molecule has 1 aromatic carbocycles. The van der Waals surface area contributed by atoms with Crippen LogP contribution >= 0.6 is 0 Å². The Morgan fingerprint density at radius 2 is 1.61 bits per heavy atom. The van der Waals surface area contributed by atoms with E-state index in [4.69, 9.17) is 5.84 Å². The molecule has 0 saturated heterocycles. The molecule has 0 radical (unpaired) electrons. The molecule has 7 nitrogen and oxygen atoms in total. The highest BCUT2D eigenvalue weighted by Crippen LogP contribution is 2.16. The van der Waals surface area contributed by atoms with E-state index in [1.165, 1.54) is 30.9 Å². The van der Waals surface area contributed by atoms with Crippen molar-refractivity contribution in [3.63, 3.8) is 0 Å². The predicted molar refractivity (Wildman–Crippen MR) is 67.1 cm³/mol. The van der Waals surface area contributed by atoms with Crippen molar-refractivity contribution < 1.29 is 8.42 Å². The summed E-state index contributed by atoms with van der Waals surface area (Å²) in [4.78, 5) is 7.58. The number of hydrogen-bond donors (Lipinski definition) is 3. The lowest BCUT2D eigenvalue weighted by Gasteiger charge is -2.07. The van der Waals surface area contributed by atoms with Gasteiger partial charge in [-0.25, -0.2) is 18.4 Å². The third-order valence-electron chi connectivity index (χ3n) is 2.14. The molecule has 94 valence electrons. The summed E-state index contributed by atoms with van der Waals surface area (Å²) >= 11 is 0. The molecule has 0 aliphatic heterocycles. The lowest BCUT2D eigenvalue weighted by Crippen LogP contribution is -2.13. The molecule has 8 heteroatoms. The van der Waals surface area contributed by atoms with Crippen molar-refractivity contribution >= 4 is 21.4 Å². The summed E-state index contributed by atoms with van der Waals surface area (Å²) in [5, 5.41) is 0. The number of hydrazine groups is 1. The van der Waals surface area contributed by atoms with E-state index in [9.17, 15) is 8.42 Å². The number of rotatable bonds is 4. The summed E-state index contributed by atoms with van der Waals surface area (Å²) in [5.74, 6) is 5.20. The van der Waals surface area contributed by atoms with Gasteiger partial charge in [-0.3, -0.25) is 10.6 Å². The average molecular weight is 265 g/mol. The molecule has 2 rings (SSSR count). The van der Waals surface area contributed by atoms with Crippen LogP contribution in [-0.4, -0.2) is 18.4 Å². The van der Waals surface area contributed by atoms with Crippen molar-refractivity contribution in [3.8, 4) is 0 Å². The maximum atomic E-state index is 12.0. The first-order valence-electron chi connectivity index (χ1n) is 4.96. The smallest absolute Gasteiger partial charge is 0.261 e. The molecule has 18 heavy (non-hydrogen) atoms. The van der Waals surface area contributed by atoms with Gasteiger partial charge in [0.1, 0.15) is 6.33 Å². The van der Waals surface area contributed by atoms with Crippen LogP contribution in [0.5, 0.6) is 0 Å². The molecule has 0 aliphatic rings. The van der Waals surface area contributed by atoms with Gasteiger partial charge in [-0.2, -0.15) is 0 Å². The third kappa shape index (κ3) is 2.73. The number of nitrogens with one attached hydrogen (secondary N) is 2. The van der Waals surface area contributed by atoms with Crippen molar-refractivity contribution in [2.75, 3.05) is 10.1 Å². The second-order valence-corrected chi connectivity index (χ2v) is 5.08. The number of hydrogen-bond acceptors (Lipinski definition) is 6. The summed E-state index contributed by atoms with van der Waals surface area (Å²) in [6, 6.07) is 6.02. The maximum Gasteiger partial charge on any atom is 0.261 e. The van der Waals surface area contributed by atoms with Crippen LogP contribution in [0.3, 0.4) is 0 Å². The Balaban J connectivity index is 2.25. The lowest BCUT2D eigenvalue weighted by atomic mass is 10.3. The van der Waals surface area contributed by atoms with E-state index in [1.54, 1.807) is 12.1 Å². The SMILES string of the molecule is NNc1ccc(S(=O)(=O)Nc2cncnc2)cc1. The molecule has 0 spiro atoms. The van der Waals surface area contributed by atoms with Crippen molar-refractivity contribution in [2.45, 2.75) is 4.90 Å². The zero-order valence-electron chi connectivity index (χ0n) is 9.24. The fraction of sp³-hybridized carbons (Fsp3) is 0. The highest BCUT2D eigenvalue weighted by atomic mass is 32.2. The van der Waals surface area contributed by atoms with Gasteiger partial charge >= 0.3 is 0 Å². The Morgan fingerprint density at radius 3 is 2.17 bits per heavy atom. The summed E-state index contributed by atoms with van der Waals surface area (Å²) in [5.41, 5.74) is 3.35. The lowest BCUT2D eigenvalue weighted by molar-refractivity contribution is 0.601. The van der Waals surface area contributed by atoms with E-state index in [0.717, 1.165) is 0 Å². The van der Waals surface area contributed by atoms with E-state index in [2.05, 4.69) is 20.1 Å². The molecular weight excluding hydrogens is 254 g/mol.